The minimum absolute atomic E-state index is 0.0547. The third-order valence-corrected chi connectivity index (χ3v) is 5.09. The van der Waals surface area contributed by atoms with Gasteiger partial charge in [-0.25, -0.2) is 4.79 Å². The smallest absolute Gasteiger partial charge is 0.340 e. The average Bonchev–Trinajstić information content (AvgIpc) is 2.82. The molecular formula is C27H28N2O4. The predicted molar refractivity (Wildman–Crippen MR) is 128 cm³/mol. The number of nitrogens with one attached hydrogen (secondary N) is 1. The van der Waals surface area contributed by atoms with Gasteiger partial charge in [0.1, 0.15) is 0 Å². The van der Waals surface area contributed by atoms with E-state index in [0.29, 0.717) is 12.2 Å². The molecule has 33 heavy (non-hydrogen) atoms. The summed E-state index contributed by atoms with van der Waals surface area (Å²) in [5, 5.41) is 2.77. The first-order chi connectivity index (χ1) is 15.9. The van der Waals surface area contributed by atoms with E-state index in [2.05, 4.69) is 5.32 Å². The van der Waals surface area contributed by atoms with Crippen molar-refractivity contribution in [3.05, 3.63) is 102 Å². The highest BCUT2D eigenvalue weighted by molar-refractivity contribution is 6.02. The molecular weight excluding hydrogens is 416 g/mol. The maximum Gasteiger partial charge on any atom is 0.340 e. The van der Waals surface area contributed by atoms with Crippen LogP contribution >= 0.6 is 0 Å². The number of rotatable bonds is 9. The van der Waals surface area contributed by atoms with Crippen LogP contribution in [0.4, 0.5) is 5.69 Å². The summed E-state index contributed by atoms with van der Waals surface area (Å²) in [5.74, 6) is -1.19. The summed E-state index contributed by atoms with van der Waals surface area (Å²) in [6.45, 7) is 3.89. The molecule has 1 N–H and O–H groups in total. The van der Waals surface area contributed by atoms with E-state index in [-0.39, 0.29) is 36.4 Å². The topological polar surface area (TPSA) is 75.7 Å². The fraction of sp³-hybridized carbons (Fsp3) is 0.222. The molecule has 3 aromatic carbocycles. The van der Waals surface area contributed by atoms with E-state index in [0.717, 1.165) is 11.1 Å². The molecule has 0 spiro atoms. The van der Waals surface area contributed by atoms with Crippen molar-refractivity contribution in [2.75, 3.05) is 11.9 Å². The second kappa shape index (κ2) is 11.6. The fourth-order valence-electron chi connectivity index (χ4n) is 3.37. The highest BCUT2D eigenvalue weighted by Crippen LogP contribution is 2.17. The van der Waals surface area contributed by atoms with E-state index >= 15 is 0 Å². The maximum atomic E-state index is 12.8. The molecule has 0 radical (unpaired) electrons. The molecule has 0 fully saturated rings. The molecule has 0 unspecified atom stereocenters. The van der Waals surface area contributed by atoms with E-state index in [1.807, 2.05) is 74.5 Å². The van der Waals surface area contributed by atoms with Crippen LogP contribution in [0.25, 0.3) is 0 Å². The van der Waals surface area contributed by atoms with E-state index < -0.39 is 5.97 Å². The molecule has 3 rings (SSSR count). The number of amides is 2. The van der Waals surface area contributed by atoms with Gasteiger partial charge in [0.05, 0.1) is 17.7 Å². The van der Waals surface area contributed by atoms with Gasteiger partial charge in [0.15, 0.2) is 6.61 Å². The second-order valence-corrected chi connectivity index (χ2v) is 7.93. The van der Waals surface area contributed by atoms with Crippen molar-refractivity contribution in [2.24, 2.45) is 0 Å². The number of hydrogen-bond donors (Lipinski definition) is 1. The van der Waals surface area contributed by atoms with Crippen molar-refractivity contribution in [2.45, 2.75) is 32.9 Å². The number of ether oxygens (including phenoxy) is 1. The third-order valence-electron chi connectivity index (χ3n) is 5.09. The molecule has 0 aliphatic rings. The highest BCUT2D eigenvalue weighted by atomic mass is 16.5. The minimum Gasteiger partial charge on any atom is -0.452 e. The Morgan fingerprint density at radius 3 is 2.03 bits per heavy atom. The summed E-state index contributed by atoms with van der Waals surface area (Å²) in [4.78, 5) is 39.6. The Morgan fingerprint density at radius 1 is 0.818 bits per heavy atom. The third kappa shape index (κ3) is 7.04. The first-order valence-corrected chi connectivity index (χ1v) is 10.9. The number of esters is 1. The molecule has 0 atom stereocenters. The minimum atomic E-state index is -0.664. The number of anilines is 1. The van der Waals surface area contributed by atoms with Gasteiger partial charge in [-0.1, -0.05) is 72.8 Å². The van der Waals surface area contributed by atoms with Crippen LogP contribution < -0.4 is 5.32 Å². The van der Waals surface area contributed by atoms with Crippen LogP contribution in [-0.4, -0.2) is 35.3 Å². The van der Waals surface area contributed by atoms with Gasteiger partial charge in [0.2, 0.25) is 5.91 Å². The molecule has 0 heterocycles. The van der Waals surface area contributed by atoms with Gasteiger partial charge >= 0.3 is 5.97 Å². The molecule has 3 aromatic rings. The van der Waals surface area contributed by atoms with E-state index in [1.54, 1.807) is 29.2 Å². The van der Waals surface area contributed by atoms with Crippen molar-refractivity contribution >= 4 is 23.5 Å². The van der Waals surface area contributed by atoms with E-state index in [4.69, 9.17) is 4.74 Å². The number of para-hydroxylation sites is 1. The second-order valence-electron chi connectivity index (χ2n) is 7.93. The quantitative estimate of drug-likeness (QED) is 0.495. The summed E-state index contributed by atoms with van der Waals surface area (Å²) in [5.41, 5.74) is 2.41. The lowest BCUT2D eigenvalue weighted by Gasteiger charge is -2.26. The first-order valence-electron chi connectivity index (χ1n) is 10.9. The monoisotopic (exact) mass is 444 g/mol. The molecule has 0 saturated heterocycles. The van der Waals surface area contributed by atoms with Crippen LogP contribution in [0.3, 0.4) is 0 Å². The summed E-state index contributed by atoms with van der Waals surface area (Å²) < 4.78 is 5.32. The van der Waals surface area contributed by atoms with Gasteiger partial charge in [-0.05, 0) is 37.1 Å². The van der Waals surface area contributed by atoms with Gasteiger partial charge in [-0.2, -0.15) is 0 Å². The zero-order valence-electron chi connectivity index (χ0n) is 18.9. The SMILES string of the molecule is CC(C)N(Cc1ccccc1)C(=O)COC(=O)c1ccccc1NC(=O)Cc1ccccc1. The molecule has 2 amide bonds. The Labute approximate surface area is 194 Å². The predicted octanol–water partition coefficient (Wildman–Crippen LogP) is 4.46. The molecule has 0 aliphatic carbocycles. The Morgan fingerprint density at radius 2 is 1.39 bits per heavy atom. The lowest BCUT2D eigenvalue weighted by molar-refractivity contribution is -0.137. The standard InChI is InChI=1S/C27H28N2O4/c1-20(2)29(18-22-13-7-4-8-14-22)26(31)19-33-27(32)23-15-9-10-16-24(23)28-25(30)17-21-11-5-3-6-12-21/h3-16,20H,17-19H2,1-2H3,(H,28,30). The van der Waals surface area contributed by atoms with E-state index in [1.165, 1.54) is 0 Å². The van der Waals surface area contributed by atoms with Gasteiger partial charge in [0, 0.05) is 12.6 Å². The largest absolute Gasteiger partial charge is 0.452 e. The molecule has 0 saturated carbocycles. The average molecular weight is 445 g/mol. The van der Waals surface area contributed by atoms with Crippen LogP contribution in [0.2, 0.25) is 0 Å². The molecule has 6 nitrogen and oxygen atoms in total. The molecule has 6 heteroatoms. The van der Waals surface area contributed by atoms with Crippen LogP contribution in [0, 0.1) is 0 Å². The van der Waals surface area contributed by atoms with Crippen LogP contribution in [0.5, 0.6) is 0 Å². The Kier molecular flexibility index (Phi) is 8.36. The summed E-state index contributed by atoms with van der Waals surface area (Å²) in [6.07, 6.45) is 0.186. The first kappa shape index (κ1) is 23.7. The number of nitrogens with zero attached hydrogens (tertiary/aromatic N) is 1. The Hall–Kier alpha value is -3.93. The zero-order chi connectivity index (χ0) is 23.6. The van der Waals surface area contributed by atoms with Gasteiger partial charge in [-0.15, -0.1) is 0 Å². The highest BCUT2D eigenvalue weighted by Gasteiger charge is 2.21. The van der Waals surface area contributed by atoms with Crippen molar-refractivity contribution < 1.29 is 19.1 Å². The summed E-state index contributed by atoms with van der Waals surface area (Å²) in [7, 11) is 0. The summed E-state index contributed by atoms with van der Waals surface area (Å²) in [6, 6.07) is 25.5. The Bertz CT molecular complexity index is 1080. The van der Waals surface area contributed by atoms with Crippen molar-refractivity contribution in [1.82, 2.24) is 4.90 Å². The summed E-state index contributed by atoms with van der Waals surface area (Å²) >= 11 is 0. The number of benzene rings is 3. The molecule has 0 aromatic heterocycles. The van der Waals surface area contributed by atoms with Crippen LogP contribution in [0.15, 0.2) is 84.9 Å². The molecule has 170 valence electrons. The van der Waals surface area contributed by atoms with Crippen molar-refractivity contribution in [1.29, 1.82) is 0 Å². The molecule has 0 bridgehead atoms. The lowest BCUT2D eigenvalue weighted by atomic mass is 10.1. The van der Waals surface area contributed by atoms with Crippen molar-refractivity contribution in [3.8, 4) is 0 Å². The number of hydrogen-bond acceptors (Lipinski definition) is 4. The lowest BCUT2D eigenvalue weighted by Crippen LogP contribution is -2.39. The maximum absolute atomic E-state index is 12.8. The van der Waals surface area contributed by atoms with Gasteiger partial charge in [0.25, 0.3) is 5.91 Å². The van der Waals surface area contributed by atoms with Crippen LogP contribution in [-0.2, 0) is 27.3 Å². The zero-order valence-corrected chi connectivity index (χ0v) is 18.9. The van der Waals surface area contributed by atoms with Crippen molar-refractivity contribution in [3.63, 3.8) is 0 Å². The Balaban J connectivity index is 1.61. The van der Waals surface area contributed by atoms with Gasteiger partial charge < -0.3 is 15.0 Å². The normalized spacial score (nSPS) is 10.5. The number of carbonyl (C=O) groups excluding carboxylic acids is 3. The van der Waals surface area contributed by atoms with Gasteiger partial charge in [-0.3, -0.25) is 9.59 Å². The molecule has 0 aliphatic heterocycles. The number of carbonyl (C=O) groups is 3. The fourth-order valence-corrected chi connectivity index (χ4v) is 3.37. The van der Waals surface area contributed by atoms with E-state index in [9.17, 15) is 14.4 Å². The van der Waals surface area contributed by atoms with Crippen LogP contribution in [0.1, 0.15) is 35.3 Å².